The van der Waals surface area contributed by atoms with Gasteiger partial charge in [0.15, 0.2) is 0 Å². The maximum atomic E-state index is 15.5. The number of para-hydroxylation sites is 1. The van der Waals surface area contributed by atoms with Crippen LogP contribution in [0, 0.1) is 5.82 Å². The van der Waals surface area contributed by atoms with Crippen molar-refractivity contribution in [2.75, 3.05) is 29.9 Å². The lowest BCUT2D eigenvalue weighted by molar-refractivity contribution is 0.0500. The number of anilines is 2. The molecule has 2 amide bonds. The first kappa shape index (κ1) is 35.3. The number of nitrogens with one attached hydrogen (secondary N) is 2. The van der Waals surface area contributed by atoms with Crippen molar-refractivity contribution in [2.24, 2.45) is 0 Å². The Balaban J connectivity index is 1.36. The molecule has 1 atom stereocenters. The molecule has 1 aliphatic heterocycles. The summed E-state index contributed by atoms with van der Waals surface area (Å²) in [5, 5.41) is 12.4. The Labute approximate surface area is 286 Å². The number of amides is 2. The van der Waals surface area contributed by atoms with Gasteiger partial charge in [-0.15, -0.1) is 11.3 Å². The molecule has 258 valence electrons. The molecule has 0 radical (unpaired) electrons. The summed E-state index contributed by atoms with van der Waals surface area (Å²) < 4.78 is 30.5. The summed E-state index contributed by atoms with van der Waals surface area (Å²) in [5.74, 6) is -0.821. The molecule has 5 rings (SSSR count). The number of piperidine rings is 1. The number of hydrogen-bond acceptors (Lipinski definition) is 8. The van der Waals surface area contributed by atoms with Crippen LogP contribution in [-0.2, 0) is 22.7 Å². The van der Waals surface area contributed by atoms with Gasteiger partial charge in [0.25, 0.3) is 5.91 Å². The Kier molecular flexibility index (Phi) is 11.1. The highest BCUT2D eigenvalue weighted by Crippen LogP contribution is 2.32. The first-order chi connectivity index (χ1) is 22.7. The molecule has 0 bridgehead atoms. The van der Waals surface area contributed by atoms with Crippen LogP contribution in [0.1, 0.15) is 49.1 Å². The highest BCUT2D eigenvalue weighted by atomic mass is 32.1. The van der Waals surface area contributed by atoms with Gasteiger partial charge in [0.1, 0.15) is 18.1 Å². The SMILES string of the molecule is CC(C)(C)OC(=O)NC1CCCN(c2c(F)cccc2NC(=O)c2nc(-c3cnn(Cc4cccs4)c3)cn2COCC[Si](C)(C)C)C1. The second-order valence-electron chi connectivity index (χ2n) is 14.3. The summed E-state index contributed by atoms with van der Waals surface area (Å²) in [6.45, 7) is 14.6. The number of imidazole rings is 1. The highest BCUT2D eigenvalue weighted by Gasteiger charge is 2.28. The van der Waals surface area contributed by atoms with Crippen LogP contribution < -0.4 is 15.5 Å². The molecule has 4 aromatic rings. The molecule has 48 heavy (non-hydrogen) atoms. The van der Waals surface area contributed by atoms with Crippen LogP contribution in [0.2, 0.25) is 25.7 Å². The number of benzene rings is 1. The summed E-state index contributed by atoms with van der Waals surface area (Å²) in [4.78, 5) is 34.1. The molecule has 0 saturated carbocycles. The number of aromatic nitrogens is 4. The van der Waals surface area contributed by atoms with Crippen molar-refractivity contribution in [3.63, 3.8) is 0 Å². The minimum absolute atomic E-state index is 0.141. The van der Waals surface area contributed by atoms with Crippen LogP contribution in [0.15, 0.2) is 54.3 Å². The van der Waals surface area contributed by atoms with E-state index in [2.05, 4.69) is 41.4 Å². The van der Waals surface area contributed by atoms with Crippen molar-refractivity contribution in [1.29, 1.82) is 0 Å². The average molecular weight is 696 g/mol. The van der Waals surface area contributed by atoms with E-state index in [4.69, 9.17) is 14.5 Å². The maximum Gasteiger partial charge on any atom is 0.407 e. The summed E-state index contributed by atoms with van der Waals surface area (Å²) in [5.41, 5.74) is 1.30. The maximum absolute atomic E-state index is 15.5. The third kappa shape index (κ3) is 9.77. The van der Waals surface area contributed by atoms with E-state index in [0.717, 1.165) is 24.4 Å². The zero-order chi connectivity index (χ0) is 34.5. The van der Waals surface area contributed by atoms with Gasteiger partial charge >= 0.3 is 6.09 Å². The predicted molar refractivity (Wildman–Crippen MR) is 190 cm³/mol. The van der Waals surface area contributed by atoms with Crippen molar-refractivity contribution < 1.29 is 23.5 Å². The van der Waals surface area contributed by atoms with E-state index in [1.54, 1.807) is 61.2 Å². The fourth-order valence-corrected chi connectivity index (χ4v) is 6.86. The molecule has 11 nitrogen and oxygen atoms in total. The van der Waals surface area contributed by atoms with Crippen LogP contribution in [0.25, 0.3) is 11.3 Å². The van der Waals surface area contributed by atoms with Crippen LogP contribution >= 0.6 is 11.3 Å². The van der Waals surface area contributed by atoms with Gasteiger partial charge in [-0.1, -0.05) is 31.8 Å². The molecule has 1 unspecified atom stereocenters. The molecule has 1 aliphatic rings. The normalized spacial score (nSPS) is 15.4. The van der Waals surface area contributed by atoms with Crippen LogP contribution in [0.5, 0.6) is 0 Å². The lowest BCUT2D eigenvalue weighted by Crippen LogP contribution is -2.49. The first-order valence-electron chi connectivity index (χ1n) is 16.3. The highest BCUT2D eigenvalue weighted by molar-refractivity contribution is 7.09. The monoisotopic (exact) mass is 695 g/mol. The van der Waals surface area contributed by atoms with Gasteiger partial charge in [-0.3, -0.25) is 9.48 Å². The quantitative estimate of drug-likeness (QED) is 0.121. The van der Waals surface area contributed by atoms with Gasteiger partial charge in [0.2, 0.25) is 5.82 Å². The van der Waals surface area contributed by atoms with Gasteiger partial charge in [-0.25, -0.2) is 14.2 Å². The zero-order valence-corrected chi connectivity index (χ0v) is 30.4. The third-order valence-electron chi connectivity index (χ3n) is 7.73. The number of nitrogens with zero attached hydrogens (tertiary/aromatic N) is 5. The van der Waals surface area contributed by atoms with Crippen molar-refractivity contribution in [2.45, 2.75) is 84.2 Å². The number of carbonyl (C=O) groups is 2. The first-order valence-corrected chi connectivity index (χ1v) is 20.9. The predicted octanol–water partition coefficient (Wildman–Crippen LogP) is 7.05. The fraction of sp³-hybridized carbons (Fsp3) is 0.471. The topological polar surface area (TPSA) is 116 Å². The van der Waals surface area contributed by atoms with Gasteiger partial charge in [0.05, 0.1) is 29.8 Å². The van der Waals surface area contributed by atoms with Crippen molar-refractivity contribution in [3.05, 3.63) is 70.8 Å². The second kappa shape index (κ2) is 15.0. The van der Waals surface area contributed by atoms with Crippen LogP contribution in [0.4, 0.5) is 20.6 Å². The number of hydrogen-bond donors (Lipinski definition) is 2. The number of halogens is 1. The summed E-state index contributed by atoms with van der Waals surface area (Å²) in [6, 6.07) is 9.42. The Morgan fingerprint density at radius 3 is 2.69 bits per heavy atom. The molecular formula is C34H46FN7O4SSi. The molecule has 1 saturated heterocycles. The number of carbonyl (C=O) groups excluding carboxylic acids is 2. The molecule has 3 aromatic heterocycles. The van der Waals surface area contributed by atoms with Crippen molar-refractivity contribution in [1.82, 2.24) is 24.6 Å². The molecule has 0 spiro atoms. The van der Waals surface area contributed by atoms with Crippen molar-refractivity contribution >= 4 is 42.8 Å². The van der Waals surface area contributed by atoms with E-state index in [1.165, 1.54) is 10.9 Å². The van der Waals surface area contributed by atoms with Gasteiger partial charge < -0.3 is 29.6 Å². The summed E-state index contributed by atoms with van der Waals surface area (Å²) in [6.07, 6.45) is 6.38. The summed E-state index contributed by atoms with van der Waals surface area (Å²) >= 11 is 1.66. The third-order valence-corrected chi connectivity index (χ3v) is 10.3. The van der Waals surface area contributed by atoms with E-state index in [-0.39, 0.29) is 24.3 Å². The average Bonchev–Trinajstić information content (AvgIpc) is 3.76. The largest absolute Gasteiger partial charge is 0.444 e. The minimum atomic E-state index is -1.32. The number of thiophene rings is 1. The van der Waals surface area contributed by atoms with E-state index in [0.29, 0.717) is 37.6 Å². The molecular weight excluding hydrogens is 650 g/mol. The standard InChI is InChI=1S/C34H46FN7O4SSi/c1-34(2,3)46-33(44)37-25-10-8-14-40(20-25)30-27(35)12-7-13-28(30)39-32(43)31-38-29(22-41(31)23-45-15-17-48(4,5)6)24-18-36-42(19-24)21-26-11-9-16-47-26/h7,9,11-13,16,18-19,22,25H,8,10,14-15,17,20-21,23H2,1-6H3,(H,37,44)(H,39,43). The lowest BCUT2D eigenvalue weighted by atomic mass is 10.0. The van der Waals surface area contributed by atoms with Gasteiger partial charge in [-0.05, 0) is 63.2 Å². The van der Waals surface area contributed by atoms with E-state index in [1.807, 2.05) is 27.2 Å². The smallest absolute Gasteiger partial charge is 0.407 e. The molecule has 2 N–H and O–H groups in total. The molecule has 0 aliphatic carbocycles. The van der Waals surface area contributed by atoms with Gasteiger partial charge in [0, 0.05) is 56.6 Å². The molecule has 4 heterocycles. The van der Waals surface area contributed by atoms with Crippen LogP contribution in [0.3, 0.4) is 0 Å². The molecule has 1 fully saturated rings. The lowest BCUT2D eigenvalue weighted by Gasteiger charge is -2.36. The number of alkyl carbamates (subject to hydrolysis) is 1. The zero-order valence-electron chi connectivity index (χ0n) is 28.6. The second-order valence-corrected chi connectivity index (χ2v) is 20.9. The van der Waals surface area contributed by atoms with E-state index < -0.39 is 31.5 Å². The summed E-state index contributed by atoms with van der Waals surface area (Å²) in [7, 11) is -1.32. The Hall–Kier alpha value is -4.01. The number of ether oxygens (including phenoxy) is 2. The fourth-order valence-electron chi connectivity index (χ4n) is 5.41. The van der Waals surface area contributed by atoms with Crippen molar-refractivity contribution in [3.8, 4) is 11.3 Å². The Morgan fingerprint density at radius 1 is 1.15 bits per heavy atom. The van der Waals surface area contributed by atoms with Gasteiger partial charge in [-0.2, -0.15) is 5.10 Å². The number of rotatable bonds is 12. The Morgan fingerprint density at radius 2 is 1.96 bits per heavy atom. The molecule has 1 aromatic carbocycles. The van der Waals surface area contributed by atoms with E-state index >= 15 is 4.39 Å². The van der Waals surface area contributed by atoms with E-state index in [9.17, 15) is 9.59 Å². The Bertz CT molecular complexity index is 1690. The molecule has 14 heteroatoms. The minimum Gasteiger partial charge on any atom is -0.444 e. The van der Waals surface area contributed by atoms with Crippen LogP contribution in [-0.4, -0.2) is 70.7 Å².